The van der Waals surface area contributed by atoms with Crippen molar-refractivity contribution in [1.29, 1.82) is 0 Å². The summed E-state index contributed by atoms with van der Waals surface area (Å²) in [6.45, 7) is 5.56. The van der Waals surface area contributed by atoms with Gasteiger partial charge >= 0.3 is 0 Å². The summed E-state index contributed by atoms with van der Waals surface area (Å²) in [5.74, 6) is 1.91. The smallest absolute Gasteiger partial charge is 0.224 e. The zero-order chi connectivity index (χ0) is 17.3. The quantitative estimate of drug-likeness (QED) is 0.636. The minimum absolute atomic E-state index is 0.196. The Kier molecular flexibility index (Phi) is 5.13. The topological polar surface area (TPSA) is 57.7 Å². The average molecular weight is 385 g/mol. The van der Waals surface area contributed by atoms with E-state index in [0.717, 1.165) is 29.9 Å². The highest BCUT2D eigenvalue weighted by atomic mass is 35.5. The second kappa shape index (κ2) is 7.13. The van der Waals surface area contributed by atoms with Crippen LogP contribution in [0.15, 0.2) is 24.4 Å². The van der Waals surface area contributed by atoms with E-state index < -0.39 is 0 Å². The summed E-state index contributed by atoms with van der Waals surface area (Å²) in [5, 5.41) is 1.39. The van der Waals surface area contributed by atoms with Gasteiger partial charge in [-0.3, -0.25) is 0 Å². The van der Waals surface area contributed by atoms with Crippen LogP contribution in [0.25, 0.3) is 11.0 Å². The van der Waals surface area contributed by atoms with Gasteiger partial charge in [0, 0.05) is 18.1 Å². The number of hydrogen-bond donors (Lipinski definition) is 1. The monoisotopic (exact) mass is 383 g/mol. The van der Waals surface area contributed by atoms with Gasteiger partial charge in [-0.05, 0) is 29.8 Å². The van der Waals surface area contributed by atoms with Crippen molar-refractivity contribution in [1.82, 2.24) is 19.9 Å². The van der Waals surface area contributed by atoms with Crippen LogP contribution in [-0.2, 0) is 0 Å². The maximum Gasteiger partial charge on any atom is 0.224 e. The van der Waals surface area contributed by atoms with Gasteiger partial charge in [-0.1, -0.05) is 37.0 Å². The Hall–Kier alpha value is -1.56. The summed E-state index contributed by atoms with van der Waals surface area (Å²) < 4.78 is 0. The molecule has 24 heavy (non-hydrogen) atoms. The molecule has 1 fully saturated rings. The van der Waals surface area contributed by atoms with Gasteiger partial charge in [0.25, 0.3) is 0 Å². The molecule has 8 heteroatoms. The fraction of sp³-hybridized carbons (Fsp3) is 0.312. The molecule has 0 radical (unpaired) electrons. The van der Waals surface area contributed by atoms with Gasteiger partial charge in [-0.25, -0.2) is 9.97 Å². The van der Waals surface area contributed by atoms with E-state index in [0.29, 0.717) is 21.8 Å². The number of H-pyrrole nitrogens is 1. The van der Waals surface area contributed by atoms with Crippen molar-refractivity contribution in [2.45, 2.75) is 19.8 Å². The molecule has 1 aliphatic rings. The van der Waals surface area contributed by atoms with Gasteiger partial charge < -0.3 is 9.88 Å². The van der Waals surface area contributed by atoms with Crippen LogP contribution in [-0.4, -0.2) is 33.0 Å². The molecule has 1 aromatic carbocycles. The highest BCUT2D eigenvalue weighted by molar-refractivity contribution is 6.33. The Bertz CT molecular complexity index is 858. The molecule has 0 bridgehead atoms. The average Bonchev–Trinajstić information content (AvgIpc) is 2.93. The first-order valence-corrected chi connectivity index (χ1v) is 8.82. The van der Waals surface area contributed by atoms with E-state index in [9.17, 15) is 0 Å². The van der Waals surface area contributed by atoms with Crippen molar-refractivity contribution < 1.29 is 0 Å². The van der Waals surface area contributed by atoms with Gasteiger partial charge in [-0.15, -0.1) is 0 Å². The molecule has 1 saturated heterocycles. The number of imidazole rings is 1. The number of fused-ring (bicyclic) bond motifs is 1. The predicted molar refractivity (Wildman–Crippen MR) is 99.5 cm³/mol. The maximum absolute atomic E-state index is 6.12. The summed E-state index contributed by atoms with van der Waals surface area (Å²) in [5.41, 5.74) is 1.87. The van der Waals surface area contributed by atoms with Crippen LogP contribution in [0.5, 0.6) is 0 Å². The highest BCUT2D eigenvalue weighted by Gasteiger charge is 2.32. The second-order valence-electron chi connectivity index (χ2n) is 5.20. The summed E-state index contributed by atoms with van der Waals surface area (Å²) in [7, 11) is 0. The van der Waals surface area contributed by atoms with Crippen LogP contribution >= 0.6 is 34.8 Å². The third-order valence-electron chi connectivity index (χ3n) is 3.73. The van der Waals surface area contributed by atoms with Crippen LogP contribution in [0.1, 0.15) is 25.6 Å². The van der Waals surface area contributed by atoms with Gasteiger partial charge in [0.1, 0.15) is 10.8 Å². The largest absolute Gasteiger partial charge is 0.354 e. The van der Waals surface area contributed by atoms with E-state index >= 15 is 0 Å². The van der Waals surface area contributed by atoms with Gasteiger partial charge in [0.2, 0.25) is 5.28 Å². The summed E-state index contributed by atoms with van der Waals surface area (Å²) in [6.07, 6.45) is 1.52. The lowest BCUT2D eigenvalue weighted by Crippen LogP contribution is -2.46. The van der Waals surface area contributed by atoms with Crippen molar-refractivity contribution >= 4 is 51.7 Å². The summed E-state index contributed by atoms with van der Waals surface area (Å²) >= 11 is 17.9. The summed E-state index contributed by atoms with van der Waals surface area (Å²) in [6, 6.07) is 5.63. The van der Waals surface area contributed by atoms with E-state index in [-0.39, 0.29) is 5.28 Å². The molecule has 0 unspecified atom stereocenters. The standard InChI is InChI=1S/C14H10Cl3N5.C2H6/c15-8-1-2-10-11(3-8)20-12(19-10)7-5-22(6-7)13-9(16)4-18-14(17)21-13;1-2/h1-4,7H,5-6H2,(H,19,20);1-2H3. The number of benzene rings is 1. The predicted octanol–water partition coefficient (Wildman–Crippen LogP) is 4.94. The third-order valence-corrected chi connectivity index (χ3v) is 4.41. The fourth-order valence-electron chi connectivity index (χ4n) is 2.58. The molecular weight excluding hydrogens is 369 g/mol. The molecule has 1 N–H and O–H groups in total. The van der Waals surface area contributed by atoms with Crippen LogP contribution in [0.2, 0.25) is 15.3 Å². The second-order valence-corrected chi connectivity index (χ2v) is 6.38. The lowest BCUT2D eigenvalue weighted by molar-refractivity contribution is 0.501. The lowest BCUT2D eigenvalue weighted by Gasteiger charge is -2.39. The number of rotatable bonds is 2. The van der Waals surface area contributed by atoms with E-state index in [1.54, 1.807) is 0 Å². The molecule has 126 valence electrons. The Morgan fingerprint density at radius 2 is 1.88 bits per heavy atom. The van der Waals surface area contributed by atoms with Crippen LogP contribution in [0, 0.1) is 0 Å². The highest BCUT2D eigenvalue weighted by Crippen LogP contribution is 2.34. The number of aromatic nitrogens is 4. The van der Waals surface area contributed by atoms with Crippen molar-refractivity contribution in [2.24, 2.45) is 0 Å². The first kappa shape index (κ1) is 17.3. The molecular formula is C16H16Cl3N5. The van der Waals surface area contributed by atoms with E-state index in [1.807, 2.05) is 32.0 Å². The molecule has 4 rings (SSSR count). The van der Waals surface area contributed by atoms with Crippen molar-refractivity contribution in [2.75, 3.05) is 18.0 Å². The van der Waals surface area contributed by atoms with Gasteiger partial charge in [-0.2, -0.15) is 4.98 Å². The maximum atomic E-state index is 6.12. The van der Waals surface area contributed by atoms with Crippen LogP contribution < -0.4 is 4.90 Å². The molecule has 1 aliphatic heterocycles. The minimum Gasteiger partial charge on any atom is -0.354 e. The Labute approximate surface area is 155 Å². The first-order chi connectivity index (χ1) is 11.6. The van der Waals surface area contributed by atoms with Crippen LogP contribution in [0.3, 0.4) is 0 Å². The Morgan fingerprint density at radius 1 is 1.12 bits per heavy atom. The number of hydrogen-bond acceptors (Lipinski definition) is 4. The van der Waals surface area contributed by atoms with E-state index in [4.69, 9.17) is 34.8 Å². The number of aromatic amines is 1. The molecule has 5 nitrogen and oxygen atoms in total. The molecule has 3 aromatic rings. The molecule has 0 saturated carbocycles. The third kappa shape index (κ3) is 3.29. The summed E-state index contributed by atoms with van der Waals surface area (Å²) in [4.78, 5) is 18.0. The molecule has 0 aliphatic carbocycles. The molecule has 0 atom stereocenters. The SMILES string of the molecule is CC.Clc1ccc2nc(C3CN(c4nc(Cl)ncc4Cl)C3)[nH]c2c1. The Morgan fingerprint density at radius 3 is 2.62 bits per heavy atom. The number of nitrogens with zero attached hydrogens (tertiary/aromatic N) is 4. The van der Waals surface area contributed by atoms with Gasteiger partial charge in [0.05, 0.1) is 23.1 Å². The normalized spacial score (nSPS) is 14.3. The van der Waals surface area contributed by atoms with E-state index in [2.05, 4.69) is 24.8 Å². The Balaban J connectivity index is 0.000000815. The van der Waals surface area contributed by atoms with Gasteiger partial charge in [0.15, 0.2) is 5.82 Å². The molecule has 3 heterocycles. The van der Waals surface area contributed by atoms with Crippen molar-refractivity contribution in [3.63, 3.8) is 0 Å². The number of halogens is 3. The fourth-order valence-corrected chi connectivity index (χ4v) is 3.09. The minimum atomic E-state index is 0.196. The number of anilines is 1. The van der Waals surface area contributed by atoms with Crippen molar-refractivity contribution in [3.05, 3.63) is 45.5 Å². The van der Waals surface area contributed by atoms with E-state index in [1.165, 1.54) is 6.20 Å². The van der Waals surface area contributed by atoms with Crippen LogP contribution in [0.4, 0.5) is 5.82 Å². The van der Waals surface area contributed by atoms with Crippen molar-refractivity contribution in [3.8, 4) is 0 Å². The molecule has 0 spiro atoms. The lowest BCUT2D eigenvalue weighted by atomic mass is 9.99. The first-order valence-electron chi connectivity index (χ1n) is 7.68. The molecule has 0 amide bonds. The zero-order valence-electron chi connectivity index (χ0n) is 13.2. The zero-order valence-corrected chi connectivity index (χ0v) is 15.5. The molecule has 2 aromatic heterocycles. The number of nitrogens with one attached hydrogen (secondary N) is 1.